The molecule has 2 aromatic carbocycles. The topological polar surface area (TPSA) is 68.3 Å². The lowest BCUT2D eigenvalue weighted by molar-refractivity contribution is -0.00521. The van der Waals surface area contributed by atoms with Gasteiger partial charge in [0.2, 0.25) is 5.95 Å². The highest BCUT2D eigenvalue weighted by Gasteiger charge is 2.22. The van der Waals surface area contributed by atoms with Crippen molar-refractivity contribution in [2.45, 2.75) is 33.0 Å². The molecule has 0 amide bonds. The van der Waals surface area contributed by atoms with Crippen molar-refractivity contribution in [2.24, 2.45) is 7.05 Å². The Morgan fingerprint density at radius 3 is 2.56 bits per heavy atom. The monoisotopic (exact) mass is 365 g/mol. The van der Waals surface area contributed by atoms with Gasteiger partial charge in [0.1, 0.15) is 0 Å². The molecule has 0 unspecified atom stereocenters. The van der Waals surface area contributed by atoms with Gasteiger partial charge in [-0.3, -0.25) is 0 Å². The SMILES string of the molecule is Cc1cc(N2C[C@@H](C)O[C@@H](C)C2)ccc1Nc1ccc2c(c1)nc(N)n2C. The largest absolute Gasteiger partial charge is 0.372 e. The summed E-state index contributed by atoms with van der Waals surface area (Å²) in [5.41, 5.74) is 12.4. The van der Waals surface area contributed by atoms with Gasteiger partial charge in [-0.1, -0.05) is 0 Å². The summed E-state index contributed by atoms with van der Waals surface area (Å²) < 4.78 is 7.74. The van der Waals surface area contributed by atoms with E-state index in [2.05, 4.69) is 60.2 Å². The standard InChI is InChI=1S/C21H27N5O/c1-13-9-17(26-11-14(2)27-15(3)12-26)6-7-18(13)23-16-5-8-20-19(10-16)24-21(22)25(20)4/h5-10,14-15,23H,11-12H2,1-4H3,(H2,22,24)/t14-,15+. The Morgan fingerprint density at radius 1 is 1.11 bits per heavy atom. The van der Waals surface area contributed by atoms with Crippen molar-refractivity contribution < 1.29 is 4.74 Å². The van der Waals surface area contributed by atoms with E-state index in [9.17, 15) is 0 Å². The van der Waals surface area contributed by atoms with Gasteiger partial charge in [0, 0.05) is 37.2 Å². The van der Waals surface area contributed by atoms with E-state index >= 15 is 0 Å². The molecular formula is C21H27N5O. The fourth-order valence-electron chi connectivity index (χ4n) is 3.83. The highest BCUT2D eigenvalue weighted by atomic mass is 16.5. The number of nitrogen functional groups attached to an aromatic ring is 1. The molecule has 6 heteroatoms. The molecule has 1 aromatic heterocycles. The zero-order chi connectivity index (χ0) is 19.1. The number of hydrogen-bond donors (Lipinski definition) is 2. The van der Waals surface area contributed by atoms with Gasteiger partial charge in [-0.25, -0.2) is 4.98 Å². The Balaban J connectivity index is 1.56. The van der Waals surface area contributed by atoms with E-state index in [0.29, 0.717) is 5.95 Å². The van der Waals surface area contributed by atoms with Gasteiger partial charge >= 0.3 is 0 Å². The number of hydrogen-bond acceptors (Lipinski definition) is 5. The Bertz CT molecular complexity index is 970. The zero-order valence-electron chi connectivity index (χ0n) is 16.4. The molecule has 1 fully saturated rings. The van der Waals surface area contributed by atoms with Gasteiger partial charge in [-0.05, 0) is 62.7 Å². The fraction of sp³-hybridized carbons (Fsp3) is 0.381. The van der Waals surface area contributed by atoms with Crippen LogP contribution in [-0.2, 0) is 11.8 Å². The van der Waals surface area contributed by atoms with E-state index < -0.39 is 0 Å². The molecule has 0 bridgehead atoms. The van der Waals surface area contributed by atoms with Crippen molar-refractivity contribution in [3.8, 4) is 0 Å². The van der Waals surface area contributed by atoms with Crippen LogP contribution in [0.1, 0.15) is 19.4 Å². The summed E-state index contributed by atoms with van der Waals surface area (Å²) >= 11 is 0. The lowest BCUT2D eigenvalue weighted by Crippen LogP contribution is -2.45. The number of nitrogens with zero attached hydrogens (tertiary/aromatic N) is 3. The fourth-order valence-corrected chi connectivity index (χ4v) is 3.83. The zero-order valence-corrected chi connectivity index (χ0v) is 16.4. The first-order valence-corrected chi connectivity index (χ1v) is 9.41. The lowest BCUT2D eigenvalue weighted by atomic mass is 10.1. The molecule has 0 spiro atoms. The molecular weight excluding hydrogens is 338 g/mol. The first-order valence-electron chi connectivity index (χ1n) is 9.41. The van der Waals surface area contributed by atoms with E-state index in [1.165, 1.54) is 11.3 Å². The van der Waals surface area contributed by atoms with Crippen LogP contribution in [0.25, 0.3) is 11.0 Å². The summed E-state index contributed by atoms with van der Waals surface area (Å²) in [6.07, 6.45) is 0.508. The first-order chi connectivity index (χ1) is 12.9. The van der Waals surface area contributed by atoms with Crippen molar-refractivity contribution in [1.29, 1.82) is 0 Å². The molecule has 2 atom stereocenters. The van der Waals surface area contributed by atoms with E-state index in [1.54, 1.807) is 0 Å². The molecule has 1 aliphatic heterocycles. The summed E-state index contributed by atoms with van der Waals surface area (Å²) in [4.78, 5) is 6.81. The van der Waals surface area contributed by atoms with E-state index in [-0.39, 0.29) is 12.2 Å². The molecule has 0 radical (unpaired) electrons. The molecule has 6 nitrogen and oxygen atoms in total. The third-order valence-corrected chi connectivity index (χ3v) is 5.19. The maximum absolute atomic E-state index is 5.90. The number of nitrogens with one attached hydrogen (secondary N) is 1. The average Bonchev–Trinajstić information content (AvgIpc) is 2.89. The summed E-state index contributed by atoms with van der Waals surface area (Å²) in [5.74, 6) is 0.525. The van der Waals surface area contributed by atoms with Crippen molar-refractivity contribution in [2.75, 3.05) is 29.0 Å². The molecule has 1 aliphatic rings. The van der Waals surface area contributed by atoms with Crippen molar-refractivity contribution in [3.05, 3.63) is 42.0 Å². The number of imidazole rings is 1. The van der Waals surface area contributed by atoms with E-state index in [4.69, 9.17) is 10.5 Å². The van der Waals surface area contributed by atoms with Crippen LogP contribution in [0.4, 0.5) is 23.0 Å². The Hall–Kier alpha value is -2.73. The number of morpholine rings is 1. The van der Waals surface area contributed by atoms with Crippen LogP contribution in [0, 0.1) is 6.92 Å². The number of rotatable bonds is 3. The maximum Gasteiger partial charge on any atom is 0.200 e. The lowest BCUT2D eigenvalue weighted by Gasteiger charge is -2.37. The van der Waals surface area contributed by atoms with Crippen molar-refractivity contribution >= 4 is 34.0 Å². The smallest absolute Gasteiger partial charge is 0.200 e. The number of aryl methyl sites for hydroxylation is 2. The predicted molar refractivity (Wildman–Crippen MR) is 112 cm³/mol. The van der Waals surface area contributed by atoms with Crippen LogP contribution in [0.15, 0.2) is 36.4 Å². The van der Waals surface area contributed by atoms with Crippen LogP contribution in [0.2, 0.25) is 0 Å². The molecule has 4 rings (SSSR count). The number of aromatic nitrogens is 2. The third kappa shape index (κ3) is 3.45. The van der Waals surface area contributed by atoms with Crippen LogP contribution in [-0.4, -0.2) is 34.8 Å². The van der Waals surface area contributed by atoms with Gasteiger partial charge in [-0.15, -0.1) is 0 Å². The van der Waals surface area contributed by atoms with Crippen molar-refractivity contribution in [1.82, 2.24) is 9.55 Å². The Morgan fingerprint density at radius 2 is 1.85 bits per heavy atom. The van der Waals surface area contributed by atoms with Crippen LogP contribution in [0.5, 0.6) is 0 Å². The van der Waals surface area contributed by atoms with Gasteiger partial charge in [0.15, 0.2) is 0 Å². The summed E-state index contributed by atoms with van der Waals surface area (Å²) in [7, 11) is 1.92. The molecule has 142 valence electrons. The molecule has 0 aliphatic carbocycles. The summed E-state index contributed by atoms with van der Waals surface area (Å²) in [5, 5.41) is 3.51. The molecule has 0 saturated carbocycles. The van der Waals surface area contributed by atoms with Crippen molar-refractivity contribution in [3.63, 3.8) is 0 Å². The molecule has 3 aromatic rings. The first kappa shape index (κ1) is 17.7. The average molecular weight is 365 g/mol. The third-order valence-electron chi connectivity index (χ3n) is 5.19. The number of anilines is 4. The number of benzene rings is 2. The Labute approximate surface area is 159 Å². The van der Waals surface area contributed by atoms with Crippen LogP contribution in [0.3, 0.4) is 0 Å². The number of ether oxygens (including phenoxy) is 1. The highest BCUT2D eigenvalue weighted by Crippen LogP contribution is 2.29. The number of fused-ring (bicyclic) bond motifs is 1. The minimum atomic E-state index is 0.254. The molecule has 3 N–H and O–H groups in total. The number of nitrogens with two attached hydrogens (primary N) is 1. The molecule has 27 heavy (non-hydrogen) atoms. The van der Waals surface area contributed by atoms with Crippen LogP contribution >= 0.6 is 0 Å². The second kappa shape index (κ2) is 6.78. The van der Waals surface area contributed by atoms with E-state index in [0.717, 1.165) is 35.5 Å². The minimum absolute atomic E-state index is 0.254. The second-order valence-corrected chi connectivity index (χ2v) is 7.52. The van der Waals surface area contributed by atoms with E-state index in [1.807, 2.05) is 23.7 Å². The van der Waals surface area contributed by atoms with Crippen LogP contribution < -0.4 is 16.0 Å². The normalized spacial score (nSPS) is 20.2. The second-order valence-electron chi connectivity index (χ2n) is 7.52. The quantitative estimate of drug-likeness (QED) is 0.738. The Kier molecular flexibility index (Phi) is 4.44. The minimum Gasteiger partial charge on any atom is -0.372 e. The molecule has 1 saturated heterocycles. The highest BCUT2D eigenvalue weighted by molar-refractivity contribution is 5.83. The summed E-state index contributed by atoms with van der Waals surface area (Å²) in [6.45, 7) is 8.25. The molecule has 2 heterocycles. The van der Waals surface area contributed by atoms with Gasteiger partial charge in [0.25, 0.3) is 0 Å². The van der Waals surface area contributed by atoms with Gasteiger partial charge < -0.3 is 25.3 Å². The van der Waals surface area contributed by atoms with Gasteiger partial charge in [0.05, 0.1) is 23.2 Å². The van der Waals surface area contributed by atoms with Gasteiger partial charge in [-0.2, -0.15) is 0 Å². The summed E-state index contributed by atoms with van der Waals surface area (Å²) in [6, 6.07) is 12.7. The maximum atomic E-state index is 5.90. The predicted octanol–water partition coefficient (Wildman–Crippen LogP) is 3.82.